The zero-order valence-corrected chi connectivity index (χ0v) is 53.6. The van der Waals surface area contributed by atoms with Crippen LogP contribution in [0.5, 0.6) is 0 Å². The van der Waals surface area contributed by atoms with Crippen molar-refractivity contribution in [2.45, 2.75) is 283 Å². The first-order valence-corrected chi connectivity index (χ1v) is 31.4. The summed E-state index contributed by atoms with van der Waals surface area (Å²) in [6.07, 6.45) is 44.4. The number of unbranched alkanes of at least 4 members (excludes halogenated alkanes) is 23. The summed E-state index contributed by atoms with van der Waals surface area (Å²) >= 11 is 0. The normalized spacial score (nSPS) is 12.3. The molecule has 14 nitrogen and oxygen atoms in total. The van der Waals surface area contributed by atoms with Gasteiger partial charge in [-0.1, -0.05) is 154 Å². The van der Waals surface area contributed by atoms with Gasteiger partial charge >= 0.3 is 35.8 Å². The molecule has 0 rings (SSSR count). The molecule has 2 atom stereocenters. The number of carbonyl (C=O) groups is 6. The van der Waals surface area contributed by atoms with Crippen molar-refractivity contribution in [1.82, 2.24) is 0 Å². The van der Waals surface area contributed by atoms with Crippen molar-refractivity contribution >= 4 is 35.8 Å². The number of halogens is 2. The van der Waals surface area contributed by atoms with Crippen molar-refractivity contribution in [3.05, 3.63) is 24.3 Å². The predicted octanol–water partition coefficient (Wildman–Crippen LogP) is 9.07. The lowest BCUT2D eigenvalue weighted by Gasteiger charge is -2.23. The number of allylic oxidation sites excluding steroid dienone is 2. The molecule has 0 spiro atoms. The van der Waals surface area contributed by atoms with E-state index >= 15 is 0 Å². The molecule has 0 fully saturated rings. The summed E-state index contributed by atoms with van der Waals surface area (Å²) in [6.45, 7) is 6.52. The second-order valence-corrected chi connectivity index (χ2v) is 23.5. The number of esters is 5. The van der Waals surface area contributed by atoms with Gasteiger partial charge in [-0.25, -0.2) is 4.79 Å². The minimum Gasteiger partial charge on any atom is -1.00 e. The van der Waals surface area contributed by atoms with Crippen LogP contribution in [0.3, 0.4) is 0 Å². The minimum absolute atomic E-state index is 0. The van der Waals surface area contributed by atoms with E-state index in [-0.39, 0.29) is 103 Å². The van der Waals surface area contributed by atoms with Crippen LogP contribution in [0.1, 0.15) is 271 Å². The van der Waals surface area contributed by atoms with Gasteiger partial charge in [-0.3, -0.25) is 28.8 Å². The van der Waals surface area contributed by atoms with E-state index in [1.807, 2.05) is 0 Å². The van der Waals surface area contributed by atoms with Crippen LogP contribution in [-0.4, -0.2) is 126 Å². The molecule has 0 N–H and O–H groups in total. The quantitative estimate of drug-likeness (QED) is 0.0142. The van der Waals surface area contributed by atoms with Crippen LogP contribution in [0.25, 0.3) is 0 Å². The van der Waals surface area contributed by atoms with Crippen LogP contribution in [0.2, 0.25) is 0 Å². The number of nitrogens with zero attached hydrogens (tertiary/aromatic N) is 2. The third-order valence-corrected chi connectivity index (χ3v) is 13.5. The van der Waals surface area contributed by atoms with E-state index < -0.39 is 0 Å². The zero-order chi connectivity index (χ0) is 57.8. The summed E-state index contributed by atoms with van der Waals surface area (Å²) in [5.41, 5.74) is 0. The second kappa shape index (κ2) is 56.3. The lowest BCUT2D eigenvalue weighted by atomic mass is 10.1. The molecule has 80 heavy (non-hydrogen) atoms. The highest BCUT2D eigenvalue weighted by atomic mass is 35.5. The van der Waals surface area contributed by atoms with Gasteiger partial charge in [0.15, 0.2) is 0 Å². The minimum atomic E-state index is -0.312. The monoisotopic (exact) mass is 1180 g/mol. The van der Waals surface area contributed by atoms with Gasteiger partial charge in [0.05, 0.1) is 40.8 Å². The maximum atomic E-state index is 12.6. The summed E-state index contributed by atoms with van der Waals surface area (Å²) in [7, 11) is 11.5. The van der Waals surface area contributed by atoms with E-state index in [0.717, 1.165) is 184 Å². The van der Waals surface area contributed by atoms with Crippen molar-refractivity contribution in [2.24, 2.45) is 0 Å². The van der Waals surface area contributed by atoms with Crippen molar-refractivity contribution < 1.29 is 91.2 Å². The SMILES string of the molecule is CCCCCCC(C/C=C\CCCCCCCC(=O)OCCCCCCCCCCOC(=O)CCCCCCC/C=C\CC(CCCCCC)OC(=O)CCCC(=O)O[N+](C)(C)C)OC(=O)CCCC(=O)OCC[N+](C)(C)C.[Cl-].[Cl-]. The number of ether oxygens (including phenoxy) is 5. The van der Waals surface area contributed by atoms with Gasteiger partial charge in [0.1, 0.15) is 46.5 Å². The average molecular weight is 1180 g/mol. The fourth-order valence-electron chi connectivity index (χ4n) is 8.78. The van der Waals surface area contributed by atoms with E-state index in [9.17, 15) is 28.8 Å². The Bertz CT molecular complexity index is 1580. The Hall–Kier alpha value is -3.20. The first-order chi connectivity index (χ1) is 37.4. The molecule has 0 radical (unpaired) electrons. The van der Waals surface area contributed by atoms with E-state index in [1.54, 1.807) is 21.1 Å². The van der Waals surface area contributed by atoms with Crippen LogP contribution >= 0.6 is 0 Å². The van der Waals surface area contributed by atoms with E-state index in [0.29, 0.717) is 51.9 Å². The molecule has 16 heteroatoms. The van der Waals surface area contributed by atoms with E-state index in [1.165, 1.54) is 25.7 Å². The Labute approximate surface area is 500 Å². The molecule has 0 aromatic rings. The topological polar surface area (TPSA) is 158 Å². The highest BCUT2D eigenvalue weighted by Gasteiger charge is 2.19. The van der Waals surface area contributed by atoms with Gasteiger partial charge in [0.25, 0.3) is 0 Å². The molecule has 0 bridgehead atoms. The molecule has 0 aliphatic carbocycles. The first kappa shape index (κ1) is 81.0. The Balaban J connectivity index is -0.0000296. The fraction of sp³-hybridized carbons (Fsp3) is 0.844. The number of hydrogen-bond donors (Lipinski definition) is 0. The van der Waals surface area contributed by atoms with Crippen LogP contribution in [0, 0.1) is 0 Å². The molecule has 470 valence electrons. The highest BCUT2D eigenvalue weighted by Crippen LogP contribution is 2.18. The molecule has 0 saturated carbocycles. The van der Waals surface area contributed by atoms with Gasteiger partial charge in [0.2, 0.25) is 0 Å². The third-order valence-electron chi connectivity index (χ3n) is 13.5. The average Bonchev–Trinajstić information content (AvgIpc) is 3.36. The fourth-order valence-corrected chi connectivity index (χ4v) is 8.78. The van der Waals surface area contributed by atoms with Gasteiger partial charge in [-0.05, 0) is 89.9 Å². The predicted molar refractivity (Wildman–Crippen MR) is 314 cm³/mol. The van der Waals surface area contributed by atoms with E-state index in [2.05, 4.69) is 59.3 Å². The Morgan fingerprint density at radius 1 is 0.350 bits per heavy atom. The standard InChI is InChI=1S/C64H118N2O12.2ClH/c1-9-11-13-33-43-57(76-62(70)50-41-49-61(69)75-56-53-65(3,4)5)45-35-27-21-15-17-23-29-37-47-59(67)73-54-39-31-25-19-20-26-32-40-55-74-60(68)48-38-30-24-18-16-22-28-36-46-58(44-34-14-12-10-2)77-63(71)51-42-52-64(72)78-66(6,7)8;;/h27-28,35-36,57-58H,9-26,29-34,37-56H2,1-8H3;2*1H/q+2;;/p-2/b35-27-,36-28-;;. The van der Waals surface area contributed by atoms with Gasteiger partial charge < -0.3 is 53.0 Å². The Morgan fingerprint density at radius 3 is 1.06 bits per heavy atom. The zero-order valence-electron chi connectivity index (χ0n) is 52.1. The van der Waals surface area contributed by atoms with E-state index in [4.69, 9.17) is 28.5 Å². The molecule has 0 saturated heterocycles. The molecule has 0 aliphatic heterocycles. The summed E-state index contributed by atoms with van der Waals surface area (Å²) in [5, 5.41) is 0. The largest absolute Gasteiger partial charge is 1.00 e. The summed E-state index contributed by atoms with van der Waals surface area (Å²) < 4.78 is 28.7. The number of likely N-dealkylation sites (N-methyl/N-ethyl adjacent to an activating group) is 1. The van der Waals surface area contributed by atoms with Crippen LogP contribution in [-0.2, 0) is 57.3 Å². The van der Waals surface area contributed by atoms with Crippen LogP contribution in [0.15, 0.2) is 24.3 Å². The number of quaternary nitrogens is 2. The van der Waals surface area contributed by atoms with Gasteiger partial charge in [-0.2, -0.15) is 0 Å². The van der Waals surface area contributed by atoms with Gasteiger partial charge in [-0.15, -0.1) is 4.65 Å². The smallest absolute Gasteiger partial charge is 0.366 e. The van der Waals surface area contributed by atoms with Crippen LogP contribution < -0.4 is 24.8 Å². The highest BCUT2D eigenvalue weighted by molar-refractivity contribution is 5.73. The third kappa shape index (κ3) is 60.9. The summed E-state index contributed by atoms with van der Waals surface area (Å²) in [4.78, 5) is 78.8. The van der Waals surface area contributed by atoms with Gasteiger partial charge in [0, 0.05) is 44.9 Å². The number of rotatable bonds is 55. The summed E-state index contributed by atoms with van der Waals surface area (Å²) in [5.74, 6) is -1.23. The molecule has 0 amide bonds. The molecule has 0 aromatic carbocycles. The first-order valence-electron chi connectivity index (χ1n) is 31.4. The van der Waals surface area contributed by atoms with Crippen molar-refractivity contribution in [2.75, 3.05) is 68.7 Å². The Morgan fingerprint density at radius 2 is 0.675 bits per heavy atom. The number of carbonyl (C=O) groups excluding carboxylic acids is 6. The lowest BCUT2D eigenvalue weighted by Crippen LogP contribution is -3.00. The molecule has 0 aliphatic rings. The van der Waals surface area contributed by atoms with Crippen LogP contribution in [0.4, 0.5) is 0 Å². The number of hydroxylamine groups is 3. The maximum Gasteiger partial charge on any atom is 0.366 e. The molecule has 0 aromatic heterocycles. The Kier molecular flexibility index (Phi) is 57.0. The maximum absolute atomic E-state index is 12.6. The lowest BCUT2D eigenvalue weighted by molar-refractivity contribution is -1.04. The van der Waals surface area contributed by atoms with Crippen molar-refractivity contribution in [1.29, 1.82) is 0 Å². The molecule has 2 unspecified atom stereocenters. The second-order valence-electron chi connectivity index (χ2n) is 23.5. The molecular formula is C64H118Cl2N2O12. The van der Waals surface area contributed by atoms with Crippen molar-refractivity contribution in [3.8, 4) is 0 Å². The number of hydrogen-bond acceptors (Lipinski definition) is 12. The van der Waals surface area contributed by atoms with Crippen molar-refractivity contribution in [3.63, 3.8) is 0 Å². The molecular weight excluding hydrogens is 1060 g/mol. The summed E-state index contributed by atoms with van der Waals surface area (Å²) in [6, 6.07) is 0. The molecule has 0 heterocycles.